The van der Waals surface area contributed by atoms with Crippen molar-refractivity contribution in [2.24, 2.45) is 5.41 Å². The highest BCUT2D eigenvalue weighted by atomic mass is 16.5. The fourth-order valence-corrected chi connectivity index (χ4v) is 2.39. The van der Waals surface area contributed by atoms with Crippen LogP contribution in [0.1, 0.15) is 70.9 Å². The van der Waals surface area contributed by atoms with Crippen LogP contribution in [0.2, 0.25) is 0 Å². The molecule has 3 nitrogen and oxygen atoms in total. The summed E-state index contributed by atoms with van der Waals surface area (Å²) < 4.78 is 5.44. The van der Waals surface area contributed by atoms with Crippen molar-refractivity contribution in [2.45, 2.75) is 72.6 Å². The number of aryl methyl sites for hydroxylation is 2. The zero-order valence-electron chi connectivity index (χ0n) is 15.2. The van der Waals surface area contributed by atoms with Crippen LogP contribution in [-0.2, 0) is 22.4 Å². The summed E-state index contributed by atoms with van der Waals surface area (Å²) in [6, 6.07) is 5.64. The van der Waals surface area contributed by atoms with E-state index < -0.39 is 0 Å². The van der Waals surface area contributed by atoms with E-state index in [2.05, 4.69) is 27.7 Å². The maximum absolute atomic E-state index is 11.9. The van der Waals surface area contributed by atoms with E-state index in [4.69, 9.17) is 4.74 Å². The predicted molar refractivity (Wildman–Crippen MR) is 94.7 cm³/mol. The van der Waals surface area contributed by atoms with Gasteiger partial charge in [0.1, 0.15) is 5.75 Å². The lowest BCUT2D eigenvalue weighted by molar-refractivity contribution is -0.147. The van der Waals surface area contributed by atoms with Crippen molar-refractivity contribution in [2.75, 3.05) is 6.61 Å². The second-order valence-electron chi connectivity index (χ2n) is 6.75. The summed E-state index contributed by atoms with van der Waals surface area (Å²) in [7, 11) is 0. The molecule has 0 spiro atoms. The quantitative estimate of drug-likeness (QED) is 0.615. The lowest BCUT2D eigenvalue weighted by Gasteiger charge is -2.25. The Balaban J connectivity index is 2.49. The van der Waals surface area contributed by atoms with Crippen molar-refractivity contribution in [1.29, 1.82) is 0 Å². The number of phenolic OH excluding ortho intramolecular Hbond substituents is 1. The van der Waals surface area contributed by atoms with Crippen LogP contribution in [0.25, 0.3) is 0 Å². The first kappa shape index (κ1) is 19.5. The minimum Gasteiger partial charge on any atom is -0.508 e. The van der Waals surface area contributed by atoms with Gasteiger partial charge in [-0.15, -0.1) is 0 Å². The van der Waals surface area contributed by atoms with Gasteiger partial charge in [-0.2, -0.15) is 0 Å². The molecule has 0 heterocycles. The maximum atomic E-state index is 11.9. The zero-order chi connectivity index (χ0) is 17.3. The largest absolute Gasteiger partial charge is 0.508 e. The van der Waals surface area contributed by atoms with E-state index in [9.17, 15) is 9.90 Å². The first-order chi connectivity index (χ1) is 10.9. The smallest absolute Gasteiger partial charge is 0.306 e. The van der Waals surface area contributed by atoms with Gasteiger partial charge in [0.2, 0.25) is 0 Å². The monoisotopic (exact) mass is 320 g/mol. The van der Waals surface area contributed by atoms with Crippen LogP contribution in [0, 0.1) is 5.41 Å². The number of hydrogen-bond donors (Lipinski definition) is 1. The third kappa shape index (κ3) is 6.64. The van der Waals surface area contributed by atoms with E-state index in [0.29, 0.717) is 25.2 Å². The van der Waals surface area contributed by atoms with E-state index in [-0.39, 0.29) is 11.4 Å². The highest BCUT2D eigenvalue weighted by molar-refractivity contribution is 5.69. The number of hydrogen-bond acceptors (Lipinski definition) is 3. The Morgan fingerprint density at radius 3 is 2.48 bits per heavy atom. The number of aromatic hydroxyl groups is 1. The average Bonchev–Trinajstić information content (AvgIpc) is 2.57. The SMILES string of the molecule is CCCCc1cc(CCC(=O)OCC(C)(CC)CC)ccc1O. The third-order valence-corrected chi connectivity index (χ3v) is 4.85. The van der Waals surface area contributed by atoms with Gasteiger partial charge < -0.3 is 9.84 Å². The van der Waals surface area contributed by atoms with E-state index in [1.165, 1.54) is 0 Å². The van der Waals surface area contributed by atoms with Gasteiger partial charge in [0, 0.05) is 11.8 Å². The van der Waals surface area contributed by atoms with Crippen LogP contribution in [-0.4, -0.2) is 17.7 Å². The number of phenols is 1. The number of unbranched alkanes of at least 4 members (excludes halogenated alkanes) is 1. The van der Waals surface area contributed by atoms with Crippen molar-refractivity contribution in [3.8, 4) is 5.75 Å². The number of carbonyl (C=O) groups excluding carboxylic acids is 1. The number of rotatable bonds is 10. The Kier molecular flexibility index (Phi) is 8.15. The van der Waals surface area contributed by atoms with Gasteiger partial charge in [0.25, 0.3) is 0 Å². The topological polar surface area (TPSA) is 46.5 Å². The fourth-order valence-electron chi connectivity index (χ4n) is 2.39. The highest BCUT2D eigenvalue weighted by Gasteiger charge is 2.21. The van der Waals surface area contributed by atoms with Crippen LogP contribution in [0.4, 0.5) is 0 Å². The third-order valence-electron chi connectivity index (χ3n) is 4.85. The van der Waals surface area contributed by atoms with Crippen LogP contribution in [0.5, 0.6) is 5.75 Å². The number of carbonyl (C=O) groups is 1. The van der Waals surface area contributed by atoms with Crippen molar-refractivity contribution in [3.63, 3.8) is 0 Å². The van der Waals surface area contributed by atoms with Gasteiger partial charge in [-0.25, -0.2) is 0 Å². The summed E-state index contributed by atoms with van der Waals surface area (Å²) in [5, 5.41) is 9.88. The molecule has 1 N–H and O–H groups in total. The molecule has 130 valence electrons. The molecule has 1 aromatic rings. The Bertz CT molecular complexity index is 490. The molecule has 0 fully saturated rings. The molecule has 0 aliphatic heterocycles. The van der Waals surface area contributed by atoms with Gasteiger partial charge in [-0.3, -0.25) is 4.79 Å². The average molecular weight is 320 g/mol. The molecular formula is C20H32O3. The molecule has 23 heavy (non-hydrogen) atoms. The van der Waals surface area contributed by atoms with E-state index in [1.807, 2.05) is 12.1 Å². The van der Waals surface area contributed by atoms with Crippen LogP contribution < -0.4 is 0 Å². The Labute approximate surface area is 141 Å². The van der Waals surface area contributed by atoms with E-state index in [0.717, 1.165) is 43.2 Å². The second kappa shape index (κ2) is 9.59. The highest BCUT2D eigenvalue weighted by Crippen LogP contribution is 2.26. The van der Waals surface area contributed by atoms with Gasteiger partial charge in [-0.1, -0.05) is 46.2 Å². The van der Waals surface area contributed by atoms with Crippen LogP contribution in [0.15, 0.2) is 18.2 Å². The first-order valence-corrected chi connectivity index (χ1v) is 8.90. The van der Waals surface area contributed by atoms with Crippen molar-refractivity contribution in [1.82, 2.24) is 0 Å². The Morgan fingerprint density at radius 1 is 1.17 bits per heavy atom. The van der Waals surface area contributed by atoms with E-state index >= 15 is 0 Å². The molecule has 1 aromatic carbocycles. The molecule has 3 heteroatoms. The normalized spacial score (nSPS) is 11.5. The first-order valence-electron chi connectivity index (χ1n) is 8.90. The molecule has 0 saturated heterocycles. The van der Waals surface area contributed by atoms with Crippen LogP contribution in [0.3, 0.4) is 0 Å². The van der Waals surface area contributed by atoms with Gasteiger partial charge in [-0.05, 0) is 49.3 Å². The number of benzene rings is 1. The minimum absolute atomic E-state index is 0.0848. The second-order valence-corrected chi connectivity index (χ2v) is 6.75. The van der Waals surface area contributed by atoms with Crippen molar-refractivity contribution < 1.29 is 14.6 Å². The molecule has 0 radical (unpaired) electrons. The Hall–Kier alpha value is -1.51. The molecule has 0 aromatic heterocycles. The van der Waals surface area contributed by atoms with E-state index in [1.54, 1.807) is 6.07 Å². The molecular weight excluding hydrogens is 288 g/mol. The number of esters is 1. The summed E-state index contributed by atoms with van der Waals surface area (Å²) >= 11 is 0. The summed E-state index contributed by atoms with van der Waals surface area (Å²) in [5.41, 5.74) is 2.14. The molecule has 0 aliphatic carbocycles. The summed E-state index contributed by atoms with van der Waals surface area (Å²) in [4.78, 5) is 11.9. The molecule has 0 bridgehead atoms. The fraction of sp³-hybridized carbons (Fsp3) is 0.650. The summed E-state index contributed by atoms with van der Waals surface area (Å²) in [5.74, 6) is 0.216. The van der Waals surface area contributed by atoms with Crippen molar-refractivity contribution >= 4 is 5.97 Å². The van der Waals surface area contributed by atoms with Gasteiger partial charge in [0.15, 0.2) is 0 Å². The minimum atomic E-state index is -0.138. The van der Waals surface area contributed by atoms with Gasteiger partial charge in [0.05, 0.1) is 6.61 Å². The molecule has 0 amide bonds. The molecule has 1 rings (SSSR count). The molecule has 0 atom stereocenters. The predicted octanol–water partition coefficient (Wildman–Crippen LogP) is 5.04. The summed E-state index contributed by atoms with van der Waals surface area (Å²) in [6.45, 7) is 9.05. The standard InChI is InChI=1S/C20H32O3/c1-5-8-9-17-14-16(10-12-18(17)21)11-13-19(22)23-15-20(4,6-2)7-3/h10,12,14,21H,5-9,11,13,15H2,1-4H3. The van der Waals surface area contributed by atoms with Gasteiger partial charge >= 0.3 is 5.97 Å². The molecule has 0 aliphatic rings. The number of ether oxygens (including phenoxy) is 1. The molecule has 0 saturated carbocycles. The molecule has 0 unspecified atom stereocenters. The summed E-state index contributed by atoms with van der Waals surface area (Å²) in [6.07, 6.45) is 6.11. The Morgan fingerprint density at radius 2 is 1.87 bits per heavy atom. The zero-order valence-corrected chi connectivity index (χ0v) is 15.2. The lowest BCUT2D eigenvalue weighted by Crippen LogP contribution is -2.23. The lowest BCUT2D eigenvalue weighted by atomic mass is 9.86. The van der Waals surface area contributed by atoms with Crippen molar-refractivity contribution in [3.05, 3.63) is 29.3 Å². The van der Waals surface area contributed by atoms with Crippen LogP contribution >= 0.6 is 0 Å². The maximum Gasteiger partial charge on any atom is 0.306 e.